The second kappa shape index (κ2) is 4.75. The summed E-state index contributed by atoms with van der Waals surface area (Å²) in [5.74, 6) is -1.18. The molecule has 0 aliphatic rings. The van der Waals surface area contributed by atoms with Crippen molar-refractivity contribution < 1.29 is 13.9 Å². The van der Waals surface area contributed by atoms with E-state index in [1.165, 1.54) is 6.07 Å². The minimum atomic E-state index is -0.597. The van der Waals surface area contributed by atoms with Crippen molar-refractivity contribution in [2.45, 2.75) is 6.92 Å². The molecular weight excluding hydrogens is 274 g/mol. The van der Waals surface area contributed by atoms with Crippen LogP contribution < -0.4 is 0 Å². The van der Waals surface area contributed by atoms with E-state index in [9.17, 15) is 9.18 Å². The number of benzene rings is 1. The molecule has 14 heavy (non-hydrogen) atoms. The average Bonchev–Trinajstić information content (AvgIpc) is 2.11. The Morgan fingerprint density at radius 3 is 2.86 bits per heavy atom. The molecule has 0 saturated heterocycles. The Hall–Kier alpha value is -0.610. The van der Waals surface area contributed by atoms with Crippen LogP contribution in [0, 0.1) is 5.82 Å². The maximum Gasteiger partial charge on any atom is 0.339 e. The lowest BCUT2D eigenvalue weighted by molar-refractivity contribution is 0.0524. The molecule has 5 heteroatoms. The summed E-state index contributed by atoms with van der Waals surface area (Å²) in [7, 11) is 0. The summed E-state index contributed by atoms with van der Waals surface area (Å²) in [5, 5.41) is 0.161. The van der Waals surface area contributed by atoms with Gasteiger partial charge < -0.3 is 4.74 Å². The van der Waals surface area contributed by atoms with E-state index in [4.69, 9.17) is 16.3 Å². The monoisotopic (exact) mass is 280 g/mol. The molecule has 0 amide bonds. The number of esters is 1. The second-order valence-corrected chi connectivity index (χ2v) is 3.70. The van der Waals surface area contributed by atoms with Crippen LogP contribution in [0.1, 0.15) is 17.3 Å². The smallest absolute Gasteiger partial charge is 0.339 e. The van der Waals surface area contributed by atoms with Crippen LogP contribution in [0.2, 0.25) is 5.02 Å². The first kappa shape index (κ1) is 11.5. The van der Waals surface area contributed by atoms with E-state index in [1.807, 2.05) is 0 Å². The Kier molecular flexibility index (Phi) is 3.89. The van der Waals surface area contributed by atoms with Crippen molar-refractivity contribution >= 4 is 33.5 Å². The van der Waals surface area contributed by atoms with Gasteiger partial charge in [0.2, 0.25) is 0 Å². The van der Waals surface area contributed by atoms with Crippen molar-refractivity contribution in [2.75, 3.05) is 6.61 Å². The van der Waals surface area contributed by atoms with Crippen LogP contribution >= 0.6 is 27.5 Å². The summed E-state index contributed by atoms with van der Waals surface area (Å²) >= 11 is 8.55. The lowest BCUT2D eigenvalue weighted by Crippen LogP contribution is -2.06. The summed E-state index contributed by atoms with van der Waals surface area (Å²) in [6.07, 6.45) is 0. The first-order valence-corrected chi connectivity index (χ1v) is 5.05. The topological polar surface area (TPSA) is 26.3 Å². The largest absolute Gasteiger partial charge is 0.462 e. The highest BCUT2D eigenvalue weighted by atomic mass is 79.9. The van der Waals surface area contributed by atoms with Crippen LogP contribution in [0.25, 0.3) is 0 Å². The molecule has 0 saturated carbocycles. The zero-order chi connectivity index (χ0) is 10.7. The average molecular weight is 282 g/mol. The van der Waals surface area contributed by atoms with Crippen molar-refractivity contribution in [3.8, 4) is 0 Å². The highest BCUT2D eigenvalue weighted by Crippen LogP contribution is 2.25. The van der Waals surface area contributed by atoms with Gasteiger partial charge in [-0.25, -0.2) is 9.18 Å². The van der Waals surface area contributed by atoms with Gasteiger partial charge in [-0.15, -0.1) is 0 Å². The summed E-state index contributed by atoms with van der Waals surface area (Å²) in [5.41, 5.74) is 0.0943. The molecule has 0 spiro atoms. The van der Waals surface area contributed by atoms with Crippen LogP contribution in [0.5, 0.6) is 0 Å². The fourth-order valence-corrected chi connectivity index (χ4v) is 1.51. The predicted octanol–water partition coefficient (Wildman–Crippen LogP) is 3.42. The number of hydrogen-bond donors (Lipinski definition) is 0. The van der Waals surface area contributed by atoms with Gasteiger partial charge in [-0.3, -0.25) is 0 Å². The van der Waals surface area contributed by atoms with E-state index in [-0.39, 0.29) is 21.7 Å². The van der Waals surface area contributed by atoms with Crippen molar-refractivity contribution in [3.05, 3.63) is 33.0 Å². The molecule has 1 aromatic rings. The molecule has 76 valence electrons. The van der Waals surface area contributed by atoms with E-state index in [0.717, 1.165) is 6.07 Å². The van der Waals surface area contributed by atoms with Crippen LogP contribution in [0.3, 0.4) is 0 Å². The second-order valence-electron chi connectivity index (χ2n) is 2.47. The van der Waals surface area contributed by atoms with Gasteiger partial charge in [0, 0.05) is 5.02 Å². The van der Waals surface area contributed by atoms with Gasteiger partial charge in [-0.05, 0) is 35.0 Å². The third-order valence-electron chi connectivity index (χ3n) is 1.49. The molecule has 2 nitrogen and oxygen atoms in total. The van der Waals surface area contributed by atoms with Gasteiger partial charge in [-0.2, -0.15) is 0 Å². The van der Waals surface area contributed by atoms with Gasteiger partial charge in [0.1, 0.15) is 5.82 Å². The number of ether oxygens (including phenoxy) is 1. The maximum atomic E-state index is 13.1. The van der Waals surface area contributed by atoms with Gasteiger partial charge in [0.15, 0.2) is 0 Å². The molecule has 0 radical (unpaired) electrons. The molecule has 0 aliphatic carbocycles. The lowest BCUT2D eigenvalue weighted by Gasteiger charge is -2.05. The predicted molar refractivity (Wildman–Crippen MR) is 55.1 cm³/mol. The van der Waals surface area contributed by atoms with Gasteiger partial charge in [-0.1, -0.05) is 11.6 Å². The number of halogens is 3. The van der Waals surface area contributed by atoms with Crippen molar-refractivity contribution in [2.24, 2.45) is 0 Å². The number of carbonyl (C=O) groups excluding carboxylic acids is 1. The van der Waals surface area contributed by atoms with Gasteiger partial charge >= 0.3 is 5.97 Å². The van der Waals surface area contributed by atoms with Crippen molar-refractivity contribution in [3.63, 3.8) is 0 Å². The molecule has 0 bridgehead atoms. The Balaban J connectivity index is 3.13. The Bertz CT molecular complexity index is 368. The third kappa shape index (κ3) is 2.45. The standard InChI is InChI=1S/C9H7BrClFO2/c1-2-14-9(13)6-3-5(11)4-7(12)8(6)10/h3-4H,2H2,1H3. The third-order valence-corrected chi connectivity index (χ3v) is 2.51. The molecule has 1 rings (SSSR count). The van der Waals surface area contributed by atoms with E-state index in [1.54, 1.807) is 6.92 Å². The Morgan fingerprint density at radius 1 is 1.64 bits per heavy atom. The summed E-state index contributed by atoms with van der Waals surface area (Å²) in [6.45, 7) is 1.91. The molecule has 0 N–H and O–H groups in total. The highest BCUT2D eigenvalue weighted by Gasteiger charge is 2.15. The van der Waals surface area contributed by atoms with E-state index in [0.29, 0.717) is 0 Å². The minimum absolute atomic E-state index is 0.0698. The maximum absolute atomic E-state index is 13.1. The fourth-order valence-electron chi connectivity index (χ4n) is 0.913. The first-order valence-electron chi connectivity index (χ1n) is 3.88. The van der Waals surface area contributed by atoms with Crippen molar-refractivity contribution in [1.29, 1.82) is 0 Å². The number of carbonyl (C=O) groups is 1. The summed E-state index contributed by atoms with van der Waals surface area (Å²) in [4.78, 5) is 11.3. The molecule has 0 unspecified atom stereocenters. The quantitative estimate of drug-likeness (QED) is 0.613. The van der Waals surface area contributed by atoms with Crippen LogP contribution in [0.4, 0.5) is 4.39 Å². The normalized spacial score (nSPS) is 10.0. The highest BCUT2D eigenvalue weighted by molar-refractivity contribution is 9.10. The molecular formula is C9H7BrClFO2. The van der Waals surface area contributed by atoms with E-state index >= 15 is 0 Å². The molecule has 1 aromatic carbocycles. The number of rotatable bonds is 2. The van der Waals surface area contributed by atoms with E-state index < -0.39 is 11.8 Å². The van der Waals surface area contributed by atoms with Crippen LogP contribution in [-0.2, 0) is 4.74 Å². The fraction of sp³-hybridized carbons (Fsp3) is 0.222. The molecule has 0 aromatic heterocycles. The van der Waals surface area contributed by atoms with Gasteiger partial charge in [0.05, 0.1) is 16.6 Å². The van der Waals surface area contributed by atoms with E-state index in [2.05, 4.69) is 15.9 Å². The van der Waals surface area contributed by atoms with Crippen LogP contribution in [0.15, 0.2) is 16.6 Å². The van der Waals surface area contributed by atoms with Gasteiger partial charge in [0.25, 0.3) is 0 Å². The van der Waals surface area contributed by atoms with Crippen molar-refractivity contribution in [1.82, 2.24) is 0 Å². The Morgan fingerprint density at radius 2 is 2.29 bits per heavy atom. The lowest BCUT2D eigenvalue weighted by atomic mass is 10.2. The molecule has 0 heterocycles. The zero-order valence-electron chi connectivity index (χ0n) is 7.31. The zero-order valence-corrected chi connectivity index (χ0v) is 9.65. The Labute approximate surface area is 94.1 Å². The SMILES string of the molecule is CCOC(=O)c1cc(Cl)cc(F)c1Br. The van der Waals surface area contributed by atoms with Crippen LogP contribution in [-0.4, -0.2) is 12.6 Å². The molecule has 0 fully saturated rings. The number of hydrogen-bond acceptors (Lipinski definition) is 2. The summed E-state index contributed by atoms with van der Waals surface area (Å²) < 4.78 is 17.9. The first-order chi connectivity index (χ1) is 6.56. The summed E-state index contributed by atoms with van der Waals surface area (Å²) in [6, 6.07) is 2.47. The molecule has 0 aliphatic heterocycles. The minimum Gasteiger partial charge on any atom is -0.462 e. The molecule has 0 atom stereocenters.